The van der Waals surface area contributed by atoms with Crippen molar-refractivity contribution in [2.45, 2.75) is 25.5 Å². The number of carbonyl (C=O) groups is 1. The minimum absolute atomic E-state index is 0.132. The topological polar surface area (TPSA) is 92.6 Å². The summed E-state index contributed by atoms with van der Waals surface area (Å²) >= 11 is 3.20. The van der Waals surface area contributed by atoms with Crippen molar-refractivity contribution >= 4 is 21.8 Å². The van der Waals surface area contributed by atoms with Crippen molar-refractivity contribution < 1.29 is 18.8 Å². The van der Waals surface area contributed by atoms with E-state index in [1.54, 1.807) is 12.1 Å². The highest BCUT2D eigenvalue weighted by atomic mass is 79.9. The van der Waals surface area contributed by atoms with Crippen LogP contribution in [-0.4, -0.2) is 38.7 Å². The number of β-amino-alcohol motifs (C(OH)–C–C–N with tert-alkyl or cyclic N) is 1. The summed E-state index contributed by atoms with van der Waals surface area (Å²) in [6, 6.07) is 3.06. The molecule has 8 heteroatoms. The first kappa shape index (κ1) is 13.3. The minimum atomic E-state index is -0.572. The lowest BCUT2D eigenvalue weighted by atomic mass is 10.2. The Morgan fingerprint density at radius 3 is 3.00 bits per heavy atom. The molecule has 1 amide bonds. The number of amides is 1. The van der Waals surface area contributed by atoms with Crippen molar-refractivity contribution in [3.05, 3.63) is 22.7 Å². The first-order valence-corrected chi connectivity index (χ1v) is 6.88. The van der Waals surface area contributed by atoms with Gasteiger partial charge in [-0.2, -0.15) is 4.98 Å². The van der Waals surface area contributed by atoms with Crippen LogP contribution in [0.1, 0.15) is 25.3 Å². The Bertz CT molecular complexity index is 638. The molecule has 1 fully saturated rings. The molecule has 1 aliphatic rings. The SMILES string of the molecule is CC(=O)N1C[C@H](O)C[C@@H]1c1nc(-c2ccc(Br)o2)no1. The Hall–Kier alpha value is -1.67. The molecule has 1 aliphatic heterocycles. The van der Waals surface area contributed by atoms with Gasteiger partial charge in [-0.3, -0.25) is 4.79 Å². The molecule has 3 heterocycles. The summed E-state index contributed by atoms with van der Waals surface area (Å²) in [5.41, 5.74) is 0. The minimum Gasteiger partial charge on any atom is -0.446 e. The first-order valence-electron chi connectivity index (χ1n) is 6.09. The van der Waals surface area contributed by atoms with Crippen molar-refractivity contribution in [1.82, 2.24) is 15.0 Å². The van der Waals surface area contributed by atoms with Gasteiger partial charge in [0.05, 0.1) is 6.10 Å². The van der Waals surface area contributed by atoms with Crippen LogP contribution in [0, 0.1) is 0 Å². The number of furan rings is 1. The zero-order chi connectivity index (χ0) is 14.3. The van der Waals surface area contributed by atoms with Crippen LogP contribution in [0.2, 0.25) is 0 Å². The van der Waals surface area contributed by atoms with E-state index in [2.05, 4.69) is 26.1 Å². The number of aliphatic hydroxyl groups excluding tert-OH is 1. The van der Waals surface area contributed by atoms with Crippen LogP contribution < -0.4 is 0 Å². The van der Waals surface area contributed by atoms with E-state index in [1.165, 1.54) is 11.8 Å². The maximum atomic E-state index is 11.6. The fraction of sp³-hybridized carbons (Fsp3) is 0.417. The van der Waals surface area contributed by atoms with Gasteiger partial charge in [0, 0.05) is 19.9 Å². The largest absolute Gasteiger partial charge is 0.446 e. The number of nitrogens with zero attached hydrogens (tertiary/aromatic N) is 3. The van der Waals surface area contributed by atoms with Gasteiger partial charge in [-0.25, -0.2) is 0 Å². The summed E-state index contributed by atoms with van der Waals surface area (Å²) < 4.78 is 11.1. The molecule has 0 spiro atoms. The molecule has 20 heavy (non-hydrogen) atoms. The van der Waals surface area contributed by atoms with Gasteiger partial charge in [-0.15, -0.1) is 0 Å². The number of carbonyl (C=O) groups excluding carboxylic acids is 1. The number of rotatable bonds is 2. The molecule has 2 atom stereocenters. The Morgan fingerprint density at radius 2 is 2.35 bits per heavy atom. The van der Waals surface area contributed by atoms with Crippen molar-refractivity contribution in [3.8, 4) is 11.6 Å². The molecule has 7 nitrogen and oxygen atoms in total. The first-order chi connectivity index (χ1) is 9.54. The monoisotopic (exact) mass is 341 g/mol. The van der Waals surface area contributed by atoms with Crippen molar-refractivity contribution in [3.63, 3.8) is 0 Å². The van der Waals surface area contributed by atoms with E-state index in [-0.39, 0.29) is 18.5 Å². The van der Waals surface area contributed by atoms with Crippen molar-refractivity contribution in [1.29, 1.82) is 0 Å². The van der Waals surface area contributed by atoms with Gasteiger partial charge < -0.3 is 18.9 Å². The Morgan fingerprint density at radius 1 is 1.55 bits per heavy atom. The van der Waals surface area contributed by atoms with Crippen molar-refractivity contribution in [2.75, 3.05) is 6.54 Å². The average molecular weight is 342 g/mol. The van der Waals surface area contributed by atoms with E-state index in [1.807, 2.05) is 0 Å². The molecule has 3 rings (SSSR count). The third-order valence-electron chi connectivity index (χ3n) is 3.20. The van der Waals surface area contributed by atoms with Gasteiger partial charge in [-0.05, 0) is 28.1 Å². The van der Waals surface area contributed by atoms with E-state index in [0.29, 0.717) is 28.6 Å². The highest BCUT2D eigenvalue weighted by molar-refractivity contribution is 9.10. The number of likely N-dealkylation sites (tertiary alicyclic amines) is 1. The van der Waals surface area contributed by atoms with E-state index in [4.69, 9.17) is 8.94 Å². The van der Waals surface area contributed by atoms with Gasteiger partial charge in [0.2, 0.25) is 17.6 Å². The van der Waals surface area contributed by atoms with Gasteiger partial charge in [0.25, 0.3) is 0 Å². The van der Waals surface area contributed by atoms with Crippen LogP contribution in [-0.2, 0) is 4.79 Å². The highest BCUT2D eigenvalue weighted by Crippen LogP contribution is 2.32. The quantitative estimate of drug-likeness (QED) is 0.894. The van der Waals surface area contributed by atoms with E-state index in [0.717, 1.165) is 0 Å². The van der Waals surface area contributed by atoms with E-state index < -0.39 is 6.10 Å². The summed E-state index contributed by atoms with van der Waals surface area (Å²) in [5.74, 6) is 0.960. The molecule has 1 saturated heterocycles. The van der Waals surface area contributed by atoms with Crippen LogP contribution in [0.15, 0.2) is 25.7 Å². The number of halogens is 1. The Balaban J connectivity index is 1.88. The van der Waals surface area contributed by atoms with Gasteiger partial charge in [-0.1, -0.05) is 5.16 Å². The highest BCUT2D eigenvalue weighted by Gasteiger charge is 2.37. The number of aliphatic hydroxyl groups is 1. The smallest absolute Gasteiger partial charge is 0.249 e. The zero-order valence-electron chi connectivity index (χ0n) is 10.6. The molecule has 0 aromatic carbocycles. The molecular weight excluding hydrogens is 330 g/mol. The maximum Gasteiger partial charge on any atom is 0.249 e. The second-order valence-corrected chi connectivity index (χ2v) is 5.42. The number of hydrogen-bond acceptors (Lipinski definition) is 6. The fourth-order valence-electron chi connectivity index (χ4n) is 2.30. The second-order valence-electron chi connectivity index (χ2n) is 4.64. The summed E-state index contributed by atoms with van der Waals surface area (Å²) in [6.45, 7) is 1.73. The lowest BCUT2D eigenvalue weighted by Crippen LogP contribution is -2.29. The van der Waals surface area contributed by atoms with E-state index in [9.17, 15) is 9.90 Å². The summed E-state index contributed by atoms with van der Waals surface area (Å²) in [5, 5.41) is 13.5. The summed E-state index contributed by atoms with van der Waals surface area (Å²) in [4.78, 5) is 17.3. The Labute approximate surface area is 122 Å². The number of hydrogen-bond donors (Lipinski definition) is 1. The molecule has 1 N–H and O–H groups in total. The average Bonchev–Trinajstić information content (AvgIpc) is 3.06. The normalized spacial score (nSPS) is 22.4. The number of aromatic nitrogens is 2. The molecule has 0 saturated carbocycles. The fourth-order valence-corrected chi connectivity index (χ4v) is 2.61. The molecule has 106 valence electrons. The van der Waals surface area contributed by atoms with Crippen molar-refractivity contribution in [2.24, 2.45) is 0 Å². The molecule has 0 radical (unpaired) electrons. The van der Waals surface area contributed by atoms with Gasteiger partial charge >= 0.3 is 0 Å². The Kier molecular flexibility index (Phi) is 3.35. The predicted octanol–water partition coefficient (Wildman–Crippen LogP) is 1.75. The molecule has 0 bridgehead atoms. The molecule has 2 aromatic heterocycles. The molecule has 0 aliphatic carbocycles. The van der Waals surface area contributed by atoms with Crippen LogP contribution in [0.25, 0.3) is 11.6 Å². The van der Waals surface area contributed by atoms with Crippen LogP contribution in [0.3, 0.4) is 0 Å². The molecule has 0 unspecified atom stereocenters. The lowest BCUT2D eigenvalue weighted by Gasteiger charge is -2.19. The van der Waals surface area contributed by atoms with Gasteiger partial charge in [0.15, 0.2) is 10.4 Å². The lowest BCUT2D eigenvalue weighted by molar-refractivity contribution is -0.130. The van der Waals surface area contributed by atoms with Gasteiger partial charge in [0.1, 0.15) is 6.04 Å². The maximum absolute atomic E-state index is 11.6. The standard InChI is InChI=1S/C12H12BrN3O4/c1-6(17)16-5-7(18)4-8(16)12-14-11(15-20-12)9-2-3-10(13)19-9/h2-3,7-8,18H,4-5H2,1H3/t7-,8-/m1/s1. The summed E-state index contributed by atoms with van der Waals surface area (Å²) in [6.07, 6.45) is -0.180. The second kappa shape index (κ2) is 5.02. The molecule has 2 aromatic rings. The van der Waals surface area contributed by atoms with Crippen LogP contribution >= 0.6 is 15.9 Å². The third-order valence-corrected chi connectivity index (χ3v) is 3.63. The molecular formula is C12H12BrN3O4. The van der Waals surface area contributed by atoms with E-state index >= 15 is 0 Å². The summed E-state index contributed by atoms with van der Waals surface area (Å²) in [7, 11) is 0. The third kappa shape index (κ3) is 2.36. The predicted molar refractivity (Wildman–Crippen MR) is 70.5 cm³/mol. The van der Waals surface area contributed by atoms with Crippen LogP contribution in [0.4, 0.5) is 0 Å². The zero-order valence-corrected chi connectivity index (χ0v) is 12.2. The van der Waals surface area contributed by atoms with Crippen LogP contribution in [0.5, 0.6) is 0 Å².